The third-order valence-electron chi connectivity index (χ3n) is 11.1. The number of aromatic nitrogens is 2. The van der Waals surface area contributed by atoms with Crippen LogP contribution in [0.3, 0.4) is 0 Å². The summed E-state index contributed by atoms with van der Waals surface area (Å²) >= 11 is 0. The standard InChI is InChI=1S/C36H40N6O8/c37-33(45)22-1-4-28-32(25(18-42(28)15-22)24-17-39-10-5-20(24)6-11-39)50-36(48)31(44)30(43)35(47)49-29-9-14-41-16-23(2-3-27(29)41)34(46)38-26-19-40-12-7-21(26)8-13-40/h1-4,9,14-16,18,20-21,24,26,30-31,43-44H,5-8,10-13,17,19H2,(H2,37,45)(H,38,46)/t24-,26+,30?,31?/m1/s1. The van der Waals surface area contributed by atoms with E-state index in [1.54, 1.807) is 51.8 Å². The molecule has 6 aliphatic heterocycles. The van der Waals surface area contributed by atoms with Crippen molar-refractivity contribution < 1.29 is 38.9 Å². The van der Waals surface area contributed by atoms with Crippen LogP contribution in [0.5, 0.6) is 11.5 Å². The van der Waals surface area contributed by atoms with Gasteiger partial charge in [0.05, 0.1) is 22.2 Å². The van der Waals surface area contributed by atoms with Gasteiger partial charge in [0.15, 0.2) is 23.7 Å². The summed E-state index contributed by atoms with van der Waals surface area (Å²) in [5.74, 6) is -2.12. The molecule has 2 unspecified atom stereocenters. The first-order valence-corrected chi connectivity index (χ1v) is 17.2. The van der Waals surface area contributed by atoms with Crippen LogP contribution in [-0.2, 0) is 9.59 Å². The summed E-state index contributed by atoms with van der Waals surface area (Å²) in [4.78, 5) is 55.9. The molecule has 0 saturated carbocycles. The molecule has 0 radical (unpaired) electrons. The lowest BCUT2D eigenvalue weighted by Crippen LogP contribution is -2.57. The zero-order valence-corrected chi connectivity index (χ0v) is 27.4. The van der Waals surface area contributed by atoms with E-state index in [-0.39, 0.29) is 34.9 Å². The van der Waals surface area contributed by atoms with Crippen LogP contribution in [-0.4, -0.2) is 110 Å². The minimum Gasteiger partial charge on any atom is -0.422 e. The first-order valence-electron chi connectivity index (χ1n) is 17.2. The highest BCUT2D eigenvalue weighted by Crippen LogP contribution is 2.44. The highest BCUT2D eigenvalue weighted by Gasteiger charge is 2.40. The maximum absolute atomic E-state index is 13.3. The number of nitrogens with one attached hydrogen (secondary N) is 1. The van der Waals surface area contributed by atoms with Crippen LogP contribution in [0, 0.1) is 11.8 Å². The molecule has 0 aromatic carbocycles. The zero-order valence-electron chi connectivity index (χ0n) is 27.4. The number of hydrogen-bond acceptors (Lipinski definition) is 10. The normalized spacial score (nSPS) is 26.8. The van der Waals surface area contributed by atoms with Crippen LogP contribution in [0.4, 0.5) is 0 Å². The smallest absolute Gasteiger partial charge is 0.343 e. The van der Waals surface area contributed by atoms with Crippen LogP contribution >= 0.6 is 0 Å². The summed E-state index contributed by atoms with van der Waals surface area (Å²) in [5, 5.41) is 24.7. The highest BCUT2D eigenvalue weighted by atomic mass is 16.6. The first kappa shape index (κ1) is 32.4. The molecule has 4 bridgehead atoms. The molecular weight excluding hydrogens is 644 g/mol. The van der Waals surface area contributed by atoms with Crippen molar-refractivity contribution in [2.45, 2.75) is 49.9 Å². The Morgan fingerprint density at radius 2 is 1.36 bits per heavy atom. The van der Waals surface area contributed by atoms with Gasteiger partial charge in [-0.2, -0.15) is 0 Å². The van der Waals surface area contributed by atoms with Crippen molar-refractivity contribution in [2.75, 3.05) is 39.3 Å². The molecule has 14 heteroatoms. The molecule has 0 aliphatic carbocycles. The van der Waals surface area contributed by atoms with Gasteiger partial charge in [0.2, 0.25) is 5.91 Å². The molecule has 10 heterocycles. The minimum absolute atomic E-state index is 0.0411. The third-order valence-corrected chi connectivity index (χ3v) is 11.1. The topological polar surface area (TPSA) is 181 Å². The van der Waals surface area contributed by atoms with E-state index in [1.165, 1.54) is 12.1 Å². The van der Waals surface area contributed by atoms with Crippen LogP contribution in [0.15, 0.2) is 55.1 Å². The second-order valence-electron chi connectivity index (χ2n) is 14.1. The molecule has 4 aromatic rings. The fourth-order valence-corrected chi connectivity index (χ4v) is 8.28. The SMILES string of the molecule is NC(=O)c1ccc2c(OC(=O)C(O)C(O)C(=O)Oc3ccn4cc(C(=O)N[C@H]5CN6CCC5CC6)ccc34)c([C@@H]3CN4CCC3CC4)cn2c1. The molecular formula is C36H40N6O8. The largest absolute Gasteiger partial charge is 0.422 e. The van der Waals surface area contributed by atoms with Gasteiger partial charge in [0, 0.05) is 55.4 Å². The van der Waals surface area contributed by atoms with Gasteiger partial charge in [0.1, 0.15) is 0 Å². The number of rotatable bonds is 9. The number of nitrogens with two attached hydrogens (primary N) is 1. The molecule has 4 atom stereocenters. The molecule has 14 nitrogen and oxygen atoms in total. The predicted molar refractivity (Wildman–Crippen MR) is 179 cm³/mol. The van der Waals surface area contributed by atoms with Gasteiger partial charge in [-0.3, -0.25) is 9.59 Å². The number of nitrogens with zero attached hydrogens (tertiary/aromatic N) is 4. The van der Waals surface area contributed by atoms with Gasteiger partial charge in [-0.15, -0.1) is 0 Å². The van der Waals surface area contributed by atoms with Crippen LogP contribution in [0.1, 0.15) is 57.9 Å². The monoisotopic (exact) mass is 684 g/mol. The molecule has 50 heavy (non-hydrogen) atoms. The number of amides is 2. The van der Waals surface area contributed by atoms with Crippen molar-refractivity contribution in [3.05, 3.63) is 71.8 Å². The minimum atomic E-state index is -2.25. The van der Waals surface area contributed by atoms with E-state index in [0.717, 1.165) is 70.5 Å². The Bertz CT molecular complexity index is 1990. The van der Waals surface area contributed by atoms with Gasteiger partial charge in [0.25, 0.3) is 5.91 Å². The molecule has 10 rings (SSSR count). The van der Waals surface area contributed by atoms with Crippen molar-refractivity contribution in [1.82, 2.24) is 23.9 Å². The molecule has 2 amide bonds. The molecule has 6 fully saturated rings. The van der Waals surface area contributed by atoms with E-state index in [4.69, 9.17) is 15.2 Å². The molecule has 6 saturated heterocycles. The summed E-state index contributed by atoms with van der Waals surface area (Å²) in [6, 6.07) is 7.99. The van der Waals surface area contributed by atoms with Crippen molar-refractivity contribution in [3.63, 3.8) is 0 Å². The van der Waals surface area contributed by atoms with E-state index >= 15 is 0 Å². The number of piperidine rings is 6. The number of aliphatic hydroxyl groups excluding tert-OH is 2. The number of pyridine rings is 2. The van der Waals surface area contributed by atoms with Crippen molar-refractivity contribution >= 4 is 34.8 Å². The summed E-state index contributed by atoms with van der Waals surface area (Å²) in [6.07, 6.45) is 6.25. The Hall–Kier alpha value is -4.76. The molecule has 6 aliphatic rings. The Kier molecular flexibility index (Phi) is 8.34. The van der Waals surface area contributed by atoms with Crippen molar-refractivity contribution in [2.24, 2.45) is 17.6 Å². The first-order chi connectivity index (χ1) is 24.1. The van der Waals surface area contributed by atoms with Crippen LogP contribution in [0.25, 0.3) is 11.0 Å². The summed E-state index contributed by atoms with van der Waals surface area (Å²) in [5.41, 5.74) is 7.86. The Labute approximate surface area is 287 Å². The third kappa shape index (κ3) is 5.91. The van der Waals surface area contributed by atoms with Gasteiger partial charge < -0.3 is 49.3 Å². The van der Waals surface area contributed by atoms with Gasteiger partial charge in [-0.05, 0) is 94.0 Å². The number of esters is 2. The fourth-order valence-electron chi connectivity index (χ4n) is 8.28. The Morgan fingerprint density at radius 1 is 0.740 bits per heavy atom. The number of hydrogen-bond donors (Lipinski definition) is 4. The predicted octanol–water partition coefficient (Wildman–Crippen LogP) is 1.16. The fraction of sp³-hybridized carbons (Fsp3) is 0.444. The van der Waals surface area contributed by atoms with Crippen LogP contribution < -0.4 is 20.5 Å². The number of aliphatic hydroxyl groups is 2. The van der Waals surface area contributed by atoms with Crippen molar-refractivity contribution in [1.29, 1.82) is 0 Å². The average molecular weight is 685 g/mol. The maximum Gasteiger partial charge on any atom is 0.343 e. The Balaban J connectivity index is 0.958. The molecule has 4 aromatic heterocycles. The van der Waals surface area contributed by atoms with Crippen LogP contribution in [0.2, 0.25) is 0 Å². The number of primary amides is 1. The van der Waals surface area contributed by atoms with Gasteiger partial charge in [-0.25, -0.2) is 9.59 Å². The summed E-state index contributed by atoms with van der Waals surface area (Å²) < 4.78 is 14.5. The summed E-state index contributed by atoms with van der Waals surface area (Å²) in [7, 11) is 0. The van der Waals surface area contributed by atoms with Gasteiger partial charge in [-0.1, -0.05) is 0 Å². The second-order valence-corrected chi connectivity index (χ2v) is 14.1. The van der Waals surface area contributed by atoms with Gasteiger partial charge >= 0.3 is 11.9 Å². The van der Waals surface area contributed by atoms with Crippen molar-refractivity contribution in [3.8, 4) is 11.5 Å². The van der Waals surface area contributed by atoms with E-state index < -0.39 is 30.1 Å². The van der Waals surface area contributed by atoms with E-state index in [1.807, 2.05) is 0 Å². The lowest BCUT2D eigenvalue weighted by Gasteiger charge is -2.44. The average Bonchev–Trinajstić information content (AvgIpc) is 3.71. The lowest BCUT2D eigenvalue weighted by molar-refractivity contribution is -0.162. The van der Waals surface area contributed by atoms with E-state index in [2.05, 4.69) is 15.1 Å². The highest BCUT2D eigenvalue weighted by molar-refractivity contribution is 5.95. The quantitative estimate of drug-likeness (QED) is 0.187. The number of carbonyl (C=O) groups excluding carboxylic acids is 4. The summed E-state index contributed by atoms with van der Waals surface area (Å²) in [6.45, 7) is 5.76. The lowest BCUT2D eigenvalue weighted by atomic mass is 9.76. The second kappa shape index (κ2) is 12.8. The maximum atomic E-state index is 13.3. The zero-order chi connectivity index (χ0) is 34.7. The number of fused-ring (bicyclic) bond motifs is 8. The van der Waals surface area contributed by atoms with E-state index in [0.29, 0.717) is 28.4 Å². The number of carbonyl (C=O) groups is 4. The van der Waals surface area contributed by atoms with E-state index in [9.17, 15) is 29.4 Å². The molecule has 262 valence electrons. The Morgan fingerprint density at radius 3 is 2.00 bits per heavy atom. The number of ether oxygens (including phenoxy) is 2. The molecule has 0 spiro atoms. The molecule has 5 N–H and O–H groups in total.